The number of rotatable bonds is 6. The van der Waals surface area contributed by atoms with Gasteiger partial charge in [0.2, 0.25) is 0 Å². The largest absolute Gasteiger partial charge is 0.490 e. The average Bonchev–Trinajstić information content (AvgIpc) is 3.27. The predicted octanol–water partition coefficient (Wildman–Crippen LogP) is 5.93. The summed E-state index contributed by atoms with van der Waals surface area (Å²) in [6.45, 7) is 4.74. The number of benzene rings is 3. The van der Waals surface area contributed by atoms with Gasteiger partial charge >= 0.3 is 0 Å². The van der Waals surface area contributed by atoms with Crippen LogP contribution in [0.4, 0.5) is 5.69 Å². The van der Waals surface area contributed by atoms with E-state index in [0.717, 1.165) is 48.3 Å². The van der Waals surface area contributed by atoms with Gasteiger partial charge in [-0.1, -0.05) is 54.1 Å². The van der Waals surface area contributed by atoms with Crippen LogP contribution in [0.1, 0.15) is 18.5 Å². The number of anilines is 1. The molecule has 1 saturated heterocycles. The number of halogens is 1. The Morgan fingerprint density at radius 1 is 1.00 bits per heavy atom. The van der Waals surface area contributed by atoms with Crippen molar-refractivity contribution in [3.8, 4) is 5.75 Å². The molecule has 4 heterocycles. The summed E-state index contributed by atoms with van der Waals surface area (Å²) in [6.07, 6.45) is 6.06. The highest BCUT2D eigenvalue weighted by Gasteiger charge is 2.35. The van der Waals surface area contributed by atoms with Gasteiger partial charge in [0.25, 0.3) is 0 Å². The van der Waals surface area contributed by atoms with Gasteiger partial charge in [-0.3, -0.25) is 4.90 Å². The second-order valence-electron chi connectivity index (χ2n) is 10.1. The van der Waals surface area contributed by atoms with Gasteiger partial charge < -0.3 is 19.7 Å². The Kier molecular flexibility index (Phi) is 6.38. The molecule has 1 aromatic heterocycles. The highest BCUT2D eigenvalue weighted by molar-refractivity contribution is 6.35. The van der Waals surface area contributed by atoms with Crippen molar-refractivity contribution in [3.63, 3.8) is 0 Å². The Morgan fingerprint density at radius 2 is 1.81 bits per heavy atom. The van der Waals surface area contributed by atoms with Gasteiger partial charge in [-0.05, 0) is 60.9 Å². The van der Waals surface area contributed by atoms with Gasteiger partial charge in [0.1, 0.15) is 18.5 Å². The lowest BCUT2D eigenvalue weighted by atomic mass is 9.96. The van der Waals surface area contributed by atoms with E-state index in [4.69, 9.17) is 16.3 Å². The van der Waals surface area contributed by atoms with Crippen LogP contribution in [0, 0.1) is 6.92 Å². The second kappa shape index (κ2) is 9.81. The molecular formula is C30H32ClN3O2. The number of aromatic nitrogens is 1. The van der Waals surface area contributed by atoms with Gasteiger partial charge in [0.15, 0.2) is 0 Å². The van der Waals surface area contributed by atoms with Gasteiger partial charge in [-0.2, -0.15) is 0 Å². The number of piperazine rings is 1. The zero-order chi connectivity index (χ0) is 24.6. The monoisotopic (exact) mass is 501 g/mol. The number of aryl methyl sites for hydroxylation is 1. The Morgan fingerprint density at radius 3 is 2.67 bits per heavy atom. The van der Waals surface area contributed by atoms with Crippen molar-refractivity contribution in [2.75, 3.05) is 31.1 Å². The lowest BCUT2D eigenvalue weighted by Gasteiger charge is -2.48. The van der Waals surface area contributed by atoms with E-state index < -0.39 is 6.10 Å². The standard InChI is InChI=1S/C30H32ClN3O2/c1-20-14-27-29(13-12-28(31)30(27)32-20)36-19-26(35)18-33-16-25-9-5-4-8-24(33)17-34(25)23-11-10-21-6-2-3-7-22(21)15-23/h2-7,10-15,24-26,32,35H,8-9,16-19H2,1H3/b5-4-. The normalized spacial score (nSPS) is 22.0. The molecule has 0 spiro atoms. The molecule has 3 aliphatic heterocycles. The highest BCUT2D eigenvalue weighted by atomic mass is 35.5. The molecule has 186 valence electrons. The summed E-state index contributed by atoms with van der Waals surface area (Å²) in [6, 6.07) is 21.8. The number of H-pyrrole nitrogens is 1. The third-order valence-electron chi connectivity index (χ3n) is 7.57. The molecule has 0 saturated carbocycles. The third-order valence-corrected chi connectivity index (χ3v) is 7.89. The number of nitrogens with zero attached hydrogens (tertiary/aromatic N) is 2. The van der Waals surface area contributed by atoms with Crippen molar-refractivity contribution in [1.29, 1.82) is 0 Å². The number of aromatic amines is 1. The van der Waals surface area contributed by atoms with Crippen LogP contribution >= 0.6 is 11.6 Å². The number of fused-ring (bicyclic) bond motifs is 6. The van der Waals surface area contributed by atoms with E-state index in [9.17, 15) is 5.11 Å². The van der Waals surface area contributed by atoms with E-state index in [-0.39, 0.29) is 6.61 Å². The van der Waals surface area contributed by atoms with E-state index in [1.165, 1.54) is 16.5 Å². The number of aliphatic hydroxyl groups is 1. The quantitative estimate of drug-likeness (QED) is 0.321. The summed E-state index contributed by atoms with van der Waals surface area (Å²) in [7, 11) is 0. The molecule has 0 amide bonds. The molecule has 7 rings (SSSR count). The SMILES string of the molecule is Cc1cc2c(OCC(O)CN3CC4C/C=C\CC3CN4c3ccc4ccccc4c3)ccc(Cl)c2[nH]1. The number of ether oxygens (including phenoxy) is 1. The van der Waals surface area contributed by atoms with Gasteiger partial charge in [-0.15, -0.1) is 0 Å². The summed E-state index contributed by atoms with van der Waals surface area (Å²) >= 11 is 6.33. The third kappa shape index (κ3) is 4.59. The smallest absolute Gasteiger partial charge is 0.128 e. The lowest BCUT2D eigenvalue weighted by Crippen LogP contribution is -2.60. The Hall–Kier alpha value is -2.99. The Balaban J connectivity index is 1.14. The zero-order valence-corrected chi connectivity index (χ0v) is 21.3. The molecule has 3 aromatic carbocycles. The molecule has 2 N–H and O–H groups in total. The maximum Gasteiger partial charge on any atom is 0.128 e. The van der Waals surface area contributed by atoms with Gasteiger partial charge in [0.05, 0.1) is 10.5 Å². The number of hydrogen-bond donors (Lipinski definition) is 2. The molecular weight excluding hydrogens is 470 g/mol. The van der Waals surface area contributed by atoms with E-state index in [0.29, 0.717) is 23.7 Å². The first-order valence-corrected chi connectivity index (χ1v) is 13.2. The maximum atomic E-state index is 11.0. The molecule has 36 heavy (non-hydrogen) atoms. The van der Waals surface area contributed by atoms with Crippen LogP contribution in [0.15, 0.2) is 72.8 Å². The zero-order valence-electron chi connectivity index (χ0n) is 20.5. The molecule has 3 aliphatic rings. The number of aliphatic hydroxyl groups excluding tert-OH is 1. The molecule has 3 unspecified atom stereocenters. The molecule has 0 radical (unpaired) electrons. The maximum absolute atomic E-state index is 11.0. The van der Waals surface area contributed by atoms with E-state index in [2.05, 4.69) is 69.4 Å². The fourth-order valence-corrected chi connectivity index (χ4v) is 5.98. The average molecular weight is 502 g/mol. The first-order chi connectivity index (χ1) is 17.5. The van der Waals surface area contributed by atoms with Crippen LogP contribution in [0.5, 0.6) is 5.75 Å². The highest BCUT2D eigenvalue weighted by Crippen LogP contribution is 2.33. The van der Waals surface area contributed by atoms with Gasteiger partial charge in [-0.25, -0.2) is 0 Å². The van der Waals surface area contributed by atoms with E-state index in [1.807, 2.05) is 25.1 Å². The molecule has 6 heteroatoms. The van der Waals surface area contributed by atoms with Gasteiger partial charge in [0, 0.05) is 48.5 Å². The van der Waals surface area contributed by atoms with Crippen molar-refractivity contribution in [2.45, 2.75) is 38.0 Å². The van der Waals surface area contributed by atoms with E-state index in [1.54, 1.807) is 0 Å². The Bertz CT molecular complexity index is 1410. The predicted molar refractivity (Wildman–Crippen MR) is 148 cm³/mol. The van der Waals surface area contributed by atoms with Crippen LogP contribution in [-0.4, -0.2) is 59.4 Å². The summed E-state index contributed by atoms with van der Waals surface area (Å²) in [5.41, 5.74) is 3.20. The Labute approximate surface area is 216 Å². The first kappa shape index (κ1) is 23.4. The van der Waals surface area contributed by atoms with E-state index >= 15 is 0 Å². The minimum atomic E-state index is -0.574. The molecule has 3 atom stereocenters. The minimum Gasteiger partial charge on any atom is -0.490 e. The second-order valence-corrected chi connectivity index (χ2v) is 10.5. The van der Waals surface area contributed by atoms with Crippen molar-refractivity contribution < 1.29 is 9.84 Å². The molecule has 4 aromatic rings. The fraction of sp³-hybridized carbons (Fsp3) is 0.333. The fourth-order valence-electron chi connectivity index (χ4n) is 5.77. The first-order valence-electron chi connectivity index (χ1n) is 12.8. The lowest BCUT2D eigenvalue weighted by molar-refractivity contribution is 0.0409. The summed E-state index contributed by atoms with van der Waals surface area (Å²) in [5, 5.41) is 15.1. The van der Waals surface area contributed by atoms with Crippen molar-refractivity contribution >= 4 is 39.0 Å². The van der Waals surface area contributed by atoms with Crippen LogP contribution in [-0.2, 0) is 0 Å². The summed E-state index contributed by atoms with van der Waals surface area (Å²) in [5.74, 6) is 0.748. The number of hydrogen-bond acceptors (Lipinski definition) is 4. The molecule has 5 nitrogen and oxygen atoms in total. The van der Waals surface area contributed by atoms with Crippen LogP contribution < -0.4 is 9.64 Å². The topological polar surface area (TPSA) is 51.7 Å². The van der Waals surface area contributed by atoms with Crippen molar-refractivity contribution in [3.05, 3.63) is 83.5 Å². The molecule has 2 bridgehead atoms. The van der Waals surface area contributed by atoms with Crippen molar-refractivity contribution in [1.82, 2.24) is 9.88 Å². The van der Waals surface area contributed by atoms with Crippen molar-refractivity contribution in [2.24, 2.45) is 0 Å². The van der Waals surface area contributed by atoms with Crippen LogP contribution in [0.25, 0.3) is 21.7 Å². The molecule has 1 fully saturated rings. The summed E-state index contributed by atoms with van der Waals surface area (Å²) in [4.78, 5) is 8.31. The summed E-state index contributed by atoms with van der Waals surface area (Å²) < 4.78 is 6.08. The van der Waals surface area contributed by atoms with Crippen LogP contribution in [0.3, 0.4) is 0 Å². The number of nitrogens with one attached hydrogen (secondary N) is 1. The minimum absolute atomic E-state index is 0.249. The molecule has 0 aliphatic carbocycles. The van der Waals surface area contributed by atoms with Crippen LogP contribution in [0.2, 0.25) is 5.02 Å².